The highest BCUT2D eigenvalue weighted by atomic mass is 35.5. The first-order chi connectivity index (χ1) is 8.22. The van der Waals surface area contributed by atoms with Crippen LogP contribution in [0.3, 0.4) is 0 Å². The average Bonchev–Trinajstić information content (AvgIpc) is 2.73. The Bertz CT molecular complexity index is 569. The Balaban J connectivity index is 2.20. The quantitative estimate of drug-likeness (QED) is 0.900. The van der Waals surface area contributed by atoms with Gasteiger partial charge in [-0.25, -0.2) is 4.98 Å². The maximum absolute atomic E-state index is 8.97. The van der Waals surface area contributed by atoms with Gasteiger partial charge >= 0.3 is 0 Å². The molecule has 0 bridgehead atoms. The van der Waals surface area contributed by atoms with Crippen molar-refractivity contribution in [3.63, 3.8) is 0 Å². The number of halogens is 1. The van der Waals surface area contributed by atoms with E-state index in [9.17, 15) is 0 Å². The second-order valence-corrected chi connectivity index (χ2v) is 3.83. The molecule has 6 heteroatoms. The molecule has 0 saturated heterocycles. The van der Waals surface area contributed by atoms with E-state index < -0.39 is 0 Å². The third kappa shape index (κ3) is 2.37. The number of aromatic nitrogens is 3. The number of anilines is 1. The van der Waals surface area contributed by atoms with Crippen LogP contribution in [0.5, 0.6) is 0 Å². The summed E-state index contributed by atoms with van der Waals surface area (Å²) < 4.78 is 1.66. The van der Waals surface area contributed by atoms with Gasteiger partial charge in [0.25, 0.3) is 0 Å². The van der Waals surface area contributed by atoms with E-state index in [1.807, 2.05) is 7.05 Å². The molecule has 2 rings (SSSR count). The van der Waals surface area contributed by atoms with Gasteiger partial charge < -0.3 is 5.32 Å². The van der Waals surface area contributed by atoms with Crippen molar-refractivity contribution < 1.29 is 0 Å². The van der Waals surface area contributed by atoms with E-state index in [0.717, 1.165) is 5.82 Å². The Morgan fingerprint density at radius 3 is 3.00 bits per heavy atom. The monoisotopic (exact) mass is 247 g/mol. The van der Waals surface area contributed by atoms with E-state index in [1.54, 1.807) is 22.9 Å². The highest BCUT2D eigenvalue weighted by Gasteiger charge is 2.07. The van der Waals surface area contributed by atoms with Crippen LogP contribution in [0.25, 0.3) is 0 Å². The van der Waals surface area contributed by atoms with Crippen LogP contribution in [0.4, 0.5) is 5.69 Å². The zero-order chi connectivity index (χ0) is 12.3. The molecule has 0 atom stereocenters. The molecular formula is C11H10ClN5. The van der Waals surface area contributed by atoms with Gasteiger partial charge in [-0.05, 0) is 12.1 Å². The molecule has 0 fully saturated rings. The number of nitrogens with one attached hydrogen (secondary N) is 1. The average molecular weight is 248 g/mol. The van der Waals surface area contributed by atoms with Crippen LogP contribution in [-0.2, 0) is 13.6 Å². The first kappa shape index (κ1) is 11.4. The van der Waals surface area contributed by atoms with Crippen molar-refractivity contribution in [3.8, 4) is 6.07 Å². The second-order valence-electron chi connectivity index (χ2n) is 3.43. The largest absolute Gasteiger partial charge is 0.375 e. The van der Waals surface area contributed by atoms with Crippen molar-refractivity contribution in [2.24, 2.45) is 7.05 Å². The predicted octanol–water partition coefficient (Wildman–Crippen LogP) is 1.95. The number of rotatable bonds is 3. The number of hydrogen-bond donors (Lipinski definition) is 1. The normalized spacial score (nSPS) is 9.94. The molecule has 86 valence electrons. The lowest BCUT2D eigenvalue weighted by atomic mass is 10.2. The van der Waals surface area contributed by atoms with Gasteiger partial charge in [0.1, 0.15) is 18.2 Å². The summed E-state index contributed by atoms with van der Waals surface area (Å²) in [5.41, 5.74) is 1.14. The predicted molar refractivity (Wildman–Crippen MR) is 64.5 cm³/mol. The van der Waals surface area contributed by atoms with Crippen LogP contribution in [0.1, 0.15) is 11.4 Å². The Hall–Kier alpha value is -2.06. The van der Waals surface area contributed by atoms with Gasteiger partial charge in [0, 0.05) is 7.05 Å². The van der Waals surface area contributed by atoms with E-state index in [2.05, 4.69) is 21.5 Å². The number of benzene rings is 1. The summed E-state index contributed by atoms with van der Waals surface area (Å²) in [6.45, 7) is 0.467. The lowest BCUT2D eigenvalue weighted by molar-refractivity contribution is 0.712. The van der Waals surface area contributed by atoms with Crippen LogP contribution < -0.4 is 5.32 Å². The molecule has 1 aromatic carbocycles. The zero-order valence-electron chi connectivity index (χ0n) is 9.18. The highest BCUT2D eigenvalue weighted by Crippen LogP contribution is 2.25. The molecule has 1 aromatic heterocycles. The van der Waals surface area contributed by atoms with Crippen molar-refractivity contribution in [3.05, 3.63) is 40.9 Å². The number of para-hydroxylation sites is 1. The minimum atomic E-state index is 0.467. The summed E-state index contributed by atoms with van der Waals surface area (Å²) >= 11 is 6.03. The summed E-state index contributed by atoms with van der Waals surface area (Å²) in [6, 6.07) is 7.29. The Labute approximate surface area is 104 Å². The Morgan fingerprint density at radius 2 is 2.35 bits per heavy atom. The third-order valence-corrected chi connectivity index (χ3v) is 2.68. The smallest absolute Gasteiger partial charge is 0.145 e. The standard InChI is InChI=1S/C11H10ClN5/c1-17-10(15-7-16-17)6-14-11-8(5-13)3-2-4-9(11)12/h2-4,7,14H,6H2,1H3. The molecule has 5 nitrogen and oxygen atoms in total. The summed E-state index contributed by atoms with van der Waals surface area (Å²) in [4.78, 5) is 4.08. The molecule has 0 radical (unpaired) electrons. The fourth-order valence-corrected chi connectivity index (χ4v) is 1.69. The van der Waals surface area contributed by atoms with Gasteiger partial charge in [0.2, 0.25) is 0 Å². The molecule has 0 aliphatic rings. The van der Waals surface area contributed by atoms with Gasteiger partial charge in [-0.3, -0.25) is 4.68 Å². The molecule has 0 unspecified atom stereocenters. The molecule has 0 saturated carbocycles. The van der Waals surface area contributed by atoms with Crippen LogP contribution in [0, 0.1) is 11.3 Å². The Kier molecular flexibility index (Phi) is 3.26. The van der Waals surface area contributed by atoms with Crippen molar-refractivity contribution in [2.75, 3.05) is 5.32 Å². The maximum atomic E-state index is 8.97. The molecular weight excluding hydrogens is 238 g/mol. The molecule has 0 aliphatic heterocycles. The van der Waals surface area contributed by atoms with E-state index in [-0.39, 0.29) is 0 Å². The molecule has 0 spiro atoms. The second kappa shape index (κ2) is 4.85. The fraction of sp³-hybridized carbons (Fsp3) is 0.182. The van der Waals surface area contributed by atoms with Gasteiger partial charge in [0.05, 0.1) is 22.8 Å². The minimum absolute atomic E-state index is 0.467. The first-order valence-corrected chi connectivity index (χ1v) is 5.35. The summed E-state index contributed by atoms with van der Waals surface area (Å²) in [7, 11) is 1.81. The molecule has 2 aromatic rings. The van der Waals surface area contributed by atoms with Crippen molar-refractivity contribution in [2.45, 2.75) is 6.54 Å². The van der Waals surface area contributed by atoms with Crippen LogP contribution in [-0.4, -0.2) is 14.8 Å². The molecule has 0 aliphatic carbocycles. The van der Waals surface area contributed by atoms with Crippen LogP contribution >= 0.6 is 11.6 Å². The lowest BCUT2D eigenvalue weighted by Crippen LogP contribution is -2.08. The lowest BCUT2D eigenvalue weighted by Gasteiger charge is -2.09. The van der Waals surface area contributed by atoms with Gasteiger partial charge in [-0.2, -0.15) is 10.4 Å². The van der Waals surface area contributed by atoms with Gasteiger partial charge in [-0.15, -0.1) is 0 Å². The number of nitriles is 1. The van der Waals surface area contributed by atoms with Crippen molar-refractivity contribution in [1.82, 2.24) is 14.8 Å². The molecule has 1 heterocycles. The summed E-state index contributed by atoms with van der Waals surface area (Å²) in [5.74, 6) is 0.772. The number of aryl methyl sites for hydroxylation is 1. The summed E-state index contributed by atoms with van der Waals surface area (Å²) in [5, 5.41) is 16.6. The molecule has 0 amide bonds. The van der Waals surface area contributed by atoms with Crippen molar-refractivity contribution >= 4 is 17.3 Å². The van der Waals surface area contributed by atoms with Crippen molar-refractivity contribution in [1.29, 1.82) is 5.26 Å². The highest BCUT2D eigenvalue weighted by molar-refractivity contribution is 6.33. The number of nitrogens with zero attached hydrogens (tertiary/aromatic N) is 4. The van der Waals surface area contributed by atoms with E-state index in [0.29, 0.717) is 22.8 Å². The van der Waals surface area contributed by atoms with Gasteiger partial charge in [0.15, 0.2) is 0 Å². The maximum Gasteiger partial charge on any atom is 0.145 e. The van der Waals surface area contributed by atoms with E-state index in [1.165, 1.54) is 6.33 Å². The van der Waals surface area contributed by atoms with Crippen LogP contribution in [0.15, 0.2) is 24.5 Å². The first-order valence-electron chi connectivity index (χ1n) is 4.97. The van der Waals surface area contributed by atoms with E-state index in [4.69, 9.17) is 16.9 Å². The fourth-order valence-electron chi connectivity index (χ4n) is 1.44. The van der Waals surface area contributed by atoms with Crippen LogP contribution in [0.2, 0.25) is 5.02 Å². The third-order valence-electron chi connectivity index (χ3n) is 2.36. The van der Waals surface area contributed by atoms with Gasteiger partial charge in [-0.1, -0.05) is 17.7 Å². The molecule has 17 heavy (non-hydrogen) atoms. The minimum Gasteiger partial charge on any atom is -0.375 e. The molecule has 1 N–H and O–H groups in total. The topological polar surface area (TPSA) is 66.5 Å². The zero-order valence-corrected chi connectivity index (χ0v) is 9.94. The number of hydrogen-bond acceptors (Lipinski definition) is 4. The van der Waals surface area contributed by atoms with E-state index >= 15 is 0 Å². The summed E-state index contributed by atoms with van der Waals surface area (Å²) in [6.07, 6.45) is 1.48. The Morgan fingerprint density at radius 1 is 1.53 bits per heavy atom. The SMILES string of the molecule is Cn1ncnc1CNc1c(Cl)cccc1C#N.